The number of carbonyl (C=O) groups excluding carboxylic acids is 2. The molecule has 1 N–H and O–H groups in total. The molecule has 21 heavy (non-hydrogen) atoms. The Morgan fingerprint density at radius 1 is 1.33 bits per heavy atom. The highest BCUT2D eigenvalue weighted by Gasteiger charge is 2.60. The number of nitriles is 1. The first-order valence-corrected chi connectivity index (χ1v) is 7.51. The van der Waals surface area contributed by atoms with E-state index in [1.165, 1.54) is 38.1 Å². The Balaban J connectivity index is 2.03. The van der Waals surface area contributed by atoms with E-state index in [0.29, 0.717) is 15.6 Å². The zero-order valence-electron chi connectivity index (χ0n) is 11.5. The number of nitrogens with zero attached hydrogens (tertiary/aromatic N) is 2. The van der Waals surface area contributed by atoms with Gasteiger partial charge in [-0.2, -0.15) is 5.26 Å². The standard InChI is InChI=1S/C13H13N3O4S/c1-13(2)12(18)16(21(13,19)20)8-11(17)15-10-5-3-9(7-14)4-6-10/h3-6H,8H2,1-2H3,(H,15,17). The van der Waals surface area contributed by atoms with Crippen molar-refractivity contribution in [3.05, 3.63) is 29.8 Å². The number of hydrogen-bond acceptors (Lipinski definition) is 5. The molecule has 8 heteroatoms. The van der Waals surface area contributed by atoms with Crippen LogP contribution in [0.4, 0.5) is 5.69 Å². The second-order valence-electron chi connectivity index (χ2n) is 5.06. The van der Waals surface area contributed by atoms with Gasteiger partial charge < -0.3 is 5.32 Å². The van der Waals surface area contributed by atoms with Gasteiger partial charge in [-0.15, -0.1) is 0 Å². The summed E-state index contributed by atoms with van der Waals surface area (Å²) < 4.78 is 22.8. The molecule has 0 spiro atoms. The van der Waals surface area contributed by atoms with Crippen LogP contribution in [-0.4, -0.2) is 35.8 Å². The Bertz CT molecular complexity index is 745. The number of carbonyl (C=O) groups is 2. The normalized spacial score (nSPS) is 18.5. The molecule has 0 saturated carbocycles. The van der Waals surface area contributed by atoms with Crippen LogP contribution in [0.25, 0.3) is 0 Å². The smallest absolute Gasteiger partial charge is 0.259 e. The molecule has 1 aromatic rings. The molecule has 1 saturated heterocycles. The van der Waals surface area contributed by atoms with Crippen molar-refractivity contribution in [2.45, 2.75) is 18.6 Å². The molecule has 0 aromatic heterocycles. The zero-order chi connectivity index (χ0) is 15.8. The quantitative estimate of drug-likeness (QED) is 0.872. The SMILES string of the molecule is CC1(C)C(=O)N(CC(=O)Nc2ccc(C#N)cc2)S1(=O)=O. The van der Waals surface area contributed by atoms with E-state index in [1.54, 1.807) is 0 Å². The lowest BCUT2D eigenvalue weighted by Crippen LogP contribution is -2.68. The lowest BCUT2D eigenvalue weighted by atomic mass is 10.2. The van der Waals surface area contributed by atoms with Gasteiger partial charge in [0.05, 0.1) is 11.6 Å². The Morgan fingerprint density at radius 2 is 1.90 bits per heavy atom. The number of rotatable bonds is 3. The topological polar surface area (TPSA) is 107 Å². The number of sulfonamides is 1. The van der Waals surface area contributed by atoms with Crippen LogP contribution in [-0.2, 0) is 19.6 Å². The summed E-state index contributed by atoms with van der Waals surface area (Å²) in [7, 11) is -3.77. The van der Waals surface area contributed by atoms with Crippen LogP contribution in [0.2, 0.25) is 0 Å². The Kier molecular flexibility index (Phi) is 3.47. The summed E-state index contributed by atoms with van der Waals surface area (Å²) in [4.78, 5) is 23.5. The van der Waals surface area contributed by atoms with Crippen LogP contribution in [0.15, 0.2) is 24.3 Å². The highest BCUT2D eigenvalue weighted by Crippen LogP contribution is 2.34. The minimum absolute atomic E-state index is 0.420. The van der Waals surface area contributed by atoms with Crippen LogP contribution in [0, 0.1) is 11.3 Å². The maximum absolute atomic E-state index is 11.8. The first kappa shape index (κ1) is 15.0. The summed E-state index contributed by atoms with van der Waals surface area (Å²) >= 11 is 0. The number of amides is 2. The molecule has 0 bridgehead atoms. The fourth-order valence-electron chi connectivity index (χ4n) is 1.87. The lowest BCUT2D eigenvalue weighted by Gasteiger charge is -2.42. The molecule has 0 radical (unpaired) electrons. The van der Waals surface area contributed by atoms with Gasteiger partial charge in [0.2, 0.25) is 5.91 Å². The first-order valence-electron chi connectivity index (χ1n) is 6.07. The predicted octanol–water partition coefficient (Wildman–Crippen LogP) is 0.447. The van der Waals surface area contributed by atoms with Crippen LogP contribution >= 0.6 is 0 Å². The van der Waals surface area contributed by atoms with Crippen molar-refractivity contribution < 1.29 is 18.0 Å². The monoisotopic (exact) mass is 307 g/mol. The molecule has 0 atom stereocenters. The van der Waals surface area contributed by atoms with Gasteiger partial charge in [0.25, 0.3) is 15.9 Å². The molecule has 1 fully saturated rings. The van der Waals surface area contributed by atoms with Crippen LogP contribution in [0.1, 0.15) is 19.4 Å². The molecule has 2 rings (SSSR count). The number of hydrogen-bond donors (Lipinski definition) is 1. The van der Waals surface area contributed by atoms with Crippen molar-refractivity contribution in [1.82, 2.24) is 4.31 Å². The van der Waals surface area contributed by atoms with E-state index in [2.05, 4.69) is 5.32 Å². The second kappa shape index (κ2) is 4.86. The minimum Gasteiger partial charge on any atom is -0.325 e. The third-order valence-corrected chi connectivity index (χ3v) is 5.60. The Morgan fingerprint density at radius 3 is 2.38 bits per heavy atom. The van der Waals surface area contributed by atoms with Crippen molar-refractivity contribution in [2.24, 2.45) is 0 Å². The van der Waals surface area contributed by atoms with E-state index in [9.17, 15) is 18.0 Å². The average molecular weight is 307 g/mol. The van der Waals surface area contributed by atoms with Gasteiger partial charge >= 0.3 is 0 Å². The number of nitrogens with one attached hydrogen (secondary N) is 1. The molecule has 0 unspecified atom stereocenters. The van der Waals surface area contributed by atoms with E-state index in [0.717, 1.165) is 0 Å². The molecular weight excluding hydrogens is 294 g/mol. The summed E-state index contributed by atoms with van der Waals surface area (Å²) in [5.41, 5.74) is 0.860. The fourth-order valence-corrected chi connectivity index (χ4v) is 3.36. The average Bonchev–Trinajstić information content (AvgIpc) is 2.44. The van der Waals surface area contributed by atoms with E-state index in [-0.39, 0.29) is 0 Å². The van der Waals surface area contributed by atoms with Crippen LogP contribution in [0.5, 0.6) is 0 Å². The van der Waals surface area contributed by atoms with Gasteiger partial charge in [0.15, 0.2) is 4.75 Å². The number of anilines is 1. The van der Waals surface area contributed by atoms with Crippen LogP contribution < -0.4 is 5.32 Å². The van der Waals surface area contributed by atoms with Crippen molar-refractivity contribution in [3.63, 3.8) is 0 Å². The van der Waals surface area contributed by atoms with Gasteiger partial charge in [-0.05, 0) is 38.1 Å². The molecule has 1 heterocycles. The van der Waals surface area contributed by atoms with Crippen molar-refractivity contribution >= 4 is 27.5 Å². The third-order valence-electron chi connectivity index (χ3n) is 3.26. The molecular formula is C13H13N3O4S. The second-order valence-corrected chi connectivity index (χ2v) is 7.48. The molecule has 110 valence electrons. The van der Waals surface area contributed by atoms with E-state index in [4.69, 9.17) is 5.26 Å². The van der Waals surface area contributed by atoms with Crippen molar-refractivity contribution in [1.29, 1.82) is 5.26 Å². The maximum Gasteiger partial charge on any atom is 0.259 e. The molecule has 1 aliphatic heterocycles. The Labute approximate surface area is 122 Å². The summed E-state index contributed by atoms with van der Waals surface area (Å²) in [6, 6.07) is 8.02. The third kappa shape index (κ3) is 2.36. The molecule has 2 amide bonds. The zero-order valence-corrected chi connectivity index (χ0v) is 12.3. The molecule has 7 nitrogen and oxygen atoms in total. The van der Waals surface area contributed by atoms with Gasteiger partial charge in [0.1, 0.15) is 6.54 Å². The van der Waals surface area contributed by atoms with E-state index >= 15 is 0 Å². The van der Waals surface area contributed by atoms with Crippen molar-refractivity contribution in [3.8, 4) is 6.07 Å². The molecule has 1 aliphatic rings. The highest BCUT2D eigenvalue weighted by atomic mass is 32.2. The van der Waals surface area contributed by atoms with Crippen molar-refractivity contribution in [2.75, 3.05) is 11.9 Å². The largest absolute Gasteiger partial charge is 0.325 e. The Hall–Kier alpha value is -2.40. The van der Waals surface area contributed by atoms with Gasteiger partial charge in [-0.1, -0.05) is 0 Å². The number of benzene rings is 1. The fraction of sp³-hybridized carbons (Fsp3) is 0.308. The van der Waals surface area contributed by atoms with Gasteiger partial charge in [-0.25, -0.2) is 12.7 Å². The summed E-state index contributed by atoms with van der Waals surface area (Å²) in [6.45, 7) is 2.06. The molecule has 1 aromatic carbocycles. The predicted molar refractivity (Wildman–Crippen MR) is 74.5 cm³/mol. The highest BCUT2D eigenvalue weighted by molar-refractivity contribution is 7.94. The lowest BCUT2D eigenvalue weighted by molar-refractivity contribution is -0.134. The first-order chi connectivity index (χ1) is 9.70. The summed E-state index contributed by atoms with van der Waals surface area (Å²) in [5, 5.41) is 11.1. The minimum atomic E-state index is -3.77. The van der Waals surface area contributed by atoms with Crippen LogP contribution in [0.3, 0.4) is 0 Å². The van der Waals surface area contributed by atoms with E-state index in [1.807, 2.05) is 6.07 Å². The summed E-state index contributed by atoms with van der Waals surface area (Å²) in [5.74, 6) is -1.22. The molecule has 0 aliphatic carbocycles. The van der Waals surface area contributed by atoms with E-state index < -0.39 is 33.1 Å². The maximum atomic E-state index is 11.8. The van der Waals surface area contributed by atoms with Gasteiger partial charge in [-0.3, -0.25) is 9.59 Å². The summed E-state index contributed by atoms with van der Waals surface area (Å²) in [6.07, 6.45) is 0. The van der Waals surface area contributed by atoms with Gasteiger partial charge in [0, 0.05) is 5.69 Å².